The van der Waals surface area contributed by atoms with Gasteiger partial charge < -0.3 is 25.7 Å². The third kappa shape index (κ3) is 8.25. The molecule has 4 fully saturated rings. The zero-order valence-corrected chi connectivity index (χ0v) is 28.1. The molecule has 0 spiro atoms. The van der Waals surface area contributed by atoms with Crippen molar-refractivity contribution in [2.75, 3.05) is 6.54 Å². The molecule has 1 unspecified atom stereocenters. The molecule has 1 heterocycles. The highest BCUT2D eigenvalue weighted by molar-refractivity contribution is 6.48. The third-order valence-corrected chi connectivity index (χ3v) is 10.4. The van der Waals surface area contributed by atoms with Gasteiger partial charge in [-0.3, -0.25) is 14.6 Å². The van der Waals surface area contributed by atoms with E-state index in [1.54, 1.807) is 0 Å². The molecule has 45 heavy (non-hydrogen) atoms. The van der Waals surface area contributed by atoms with Gasteiger partial charge in [0.2, 0.25) is 17.8 Å². The smallest absolute Gasteiger partial charge is 0.404 e. The van der Waals surface area contributed by atoms with E-state index in [4.69, 9.17) is 15.0 Å². The molecule has 5 N–H and O–H groups in total. The fourth-order valence-corrected chi connectivity index (χ4v) is 7.54. The summed E-state index contributed by atoms with van der Waals surface area (Å²) in [6.07, 6.45) is 4.43. The summed E-state index contributed by atoms with van der Waals surface area (Å²) >= 11 is 0. The van der Waals surface area contributed by atoms with Crippen molar-refractivity contribution < 1.29 is 18.9 Å². The van der Waals surface area contributed by atoms with Crippen molar-refractivity contribution in [3.63, 3.8) is 0 Å². The van der Waals surface area contributed by atoms with E-state index in [1.165, 1.54) is 5.56 Å². The molecule has 2 bridgehead atoms. The maximum absolute atomic E-state index is 13.8. The SMILES string of the molecule is CC(C)C[C@H](NC(=O)[C@H](CCCN=C(N)NN=O)NC(=O)CCc1ccc(C(C)C)cc1)B1OC2C[C@@H]3C[C@@H](C3(C)C)[C@]2(C)O1. The molecule has 0 aromatic heterocycles. The first kappa shape index (κ1) is 34.9. The van der Waals surface area contributed by atoms with Crippen LogP contribution in [0.1, 0.15) is 104 Å². The van der Waals surface area contributed by atoms with Crippen molar-refractivity contribution >= 4 is 24.9 Å². The van der Waals surface area contributed by atoms with E-state index in [0.29, 0.717) is 43.4 Å². The van der Waals surface area contributed by atoms with Crippen molar-refractivity contribution in [2.24, 2.45) is 39.2 Å². The quantitative estimate of drug-likeness (QED) is 0.0563. The maximum Gasteiger partial charge on any atom is 0.481 e. The van der Waals surface area contributed by atoms with Crippen LogP contribution in [0.4, 0.5) is 0 Å². The molecule has 3 saturated carbocycles. The first-order valence-electron chi connectivity index (χ1n) is 16.6. The lowest BCUT2D eigenvalue weighted by Gasteiger charge is -2.64. The van der Waals surface area contributed by atoms with Crippen molar-refractivity contribution in [3.05, 3.63) is 40.3 Å². The molecule has 11 nitrogen and oxygen atoms in total. The van der Waals surface area contributed by atoms with Crippen LogP contribution in [0.3, 0.4) is 0 Å². The van der Waals surface area contributed by atoms with Crippen LogP contribution in [0.5, 0.6) is 0 Å². The van der Waals surface area contributed by atoms with Crippen LogP contribution >= 0.6 is 0 Å². The molecule has 2 amide bonds. The third-order valence-electron chi connectivity index (χ3n) is 10.4. The summed E-state index contributed by atoms with van der Waals surface area (Å²) in [7, 11) is -0.557. The number of rotatable bonds is 15. The van der Waals surface area contributed by atoms with Crippen LogP contribution in [0, 0.1) is 28.1 Å². The molecule has 1 aromatic carbocycles. The van der Waals surface area contributed by atoms with Crippen LogP contribution in [0.25, 0.3) is 0 Å². The number of nitrogens with one attached hydrogen (secondary N) is 3. The van der Waals surface area contributed by atoms with E-state index in [1.807, 2.05) is 0 Å². The van der Waals surface area contributed by atoms with Crippen molar-refractivity contribution in [3.8, 4) is 0 Å². The number of carbonyl (C=O) groups is 2. The van der Waals surface area contributed by atoms with Gasteiger partial charge in [-0.15, -0.1) is 4.91 Å². The minimum absolute atomic E-state index is 0.00808. The van der Waals surface area contributed by atoms with E-state index in [9.17, 15) is 14.5 Å². The average molecular weight is 625 g/mol. The number of nitrogens with zero attached hydrogens (tertiary/aromatic N) is 2. The second kappa shape index (κ2) is 14.6. The molecule has 1 saturated heterocycles. The molecule has 0 radical (unpaired) electrons. The molecule has 12 heteroatoms. The number of nitrogens with two attached hydrogens (primary N) is 1. The molecule has 6 atom stereocenters. The van der Waals surface area contributed by atoms with Gasteiger partial charge in [0, 0.05) is 13.0 Å². The monoisotopic (exact) mass is 624 g/mol. The molecule has 248 valence electrons. The fourth-order valence-electron chi connectivity index (χ4n) is 7.54. The van der Waals surface area contributed by atoms with Crippen LogP contribution < -0.4 is 21.8 Å². The zero-order chi connectivity index (χ0) is 32.9. The summed E-state index contributed by atoms with van der Waals surface area (Å²) in [6, 6.07) is 7.52. The van der Waals surface area contributed by atoms with Gasteiger partial charge in [-0.2, -0.15) is 0 Å². The highest BCUT2D eigenvalue weighted by atomic mass is 16.7. The Morgan fingerprint density at radius 2 is 1.80 bits per heavy atom. The summed E-state index contributed by atoms with van der Waals surface area (Å²) in [5, 5.41) is 8.68. The Labute approximate surface area is 268 Å². The Bertz CT molecular complexity index is 1220. The van der Waals surface area contributed by atoms with Crippen LogP contribution in [0.2, 0.25) is 0 Å². The number of benzene rings is 1. The predicted molar refractivity (Wildman–Crippen MR) is 177 cm³/mol. The number of aryl methyl sites for hydroxylation is 1. The molecule has 1 aromatic rings. The lowest BCUT2D eigenvalue weighted by molar-refractivity contribution is -0.199. The average Bonchev–Trinajstić information content (AvgIpc) is 3.34. The van der Waals surface area contributed by atoms with Gasteiger partial charge in [0.05, 0.1) is 22.9 Å². The van der Waals surface area contributed by atoms with Crippen LogP contribution in [0.15, 0.2) is 34.5 Å². The standard InChI is InChI=1S/C33H53BN6O5/c1-20(2)17-28(34-44-27-19-24-18-26(32(24,5)6)33(27,7)45-34)38-30(42)25(9-8-16-36-31(35)39-40-43)37-29(41)15-12-22-10-13-23(14-11-22)21(3)4/h10-11,13-14,20-21,24-28H,8-9,12,15-19H2,1-7H3,(H,37,41)(H,38,42)(H3,35,36,39,43)/t24-,25-,26-,27?,28-,33-/m0/s1. The second-order valence-electron chi connectivity index (χ2n) is 14.7. The van der Waals surface area contributed by atoms with Crippen molar-refractivity contribution in [1.82, 2.24) is 16.1 Å². The lowest BCUT2D eigenvalue weighted by Crippen LogP contribution is -2.65. The Kier molecular flexibility index (Phi) is 11.3. The number of hydrogen-bond acceptors (Lipinski definition) is 7. The largest absolute Gasteiger partial charge is 0.481 e. The number of amides is 2. The van der Waals surface area contributed by atoms with Gasteiger partial charge in [-0.1, -0.05) is 65.8 Å². The highest BCUT2D eigenvalue weighted by Crippen LogP contribution is 2.65. The van der Waals surface area contributed by atoms with Gasteiger partial charge >= 0.3 is 7.12 Å². The topological polar surface area (TPSA) is 156 Å². The summed E-state index contributed by atoms with van der Waals surface area (Å²) in [5.41, 5.74) is 9.82. The number of aliphatic imine (C=N–C) groups is 1. The van der Waals surface area contributed by atoms with Crippen molar-refractivity contribution in [1.29, 1.82) is 0 Å². The van der Waals surface area contributed by atoms with Gasteiger partial charge in [0.15, 0.2) is 0 Å². The Hall–Kier alpha value is -2.99. The zero-order valence-electron chi connectivity index (χ0n) is 28.1. The number of hydrogen-bond donors (Lipinski definition) is 4. The van der Waals surface area contributed by atoms with Crippen LogP contribution in [-0.4, -0.2) is 55.1 Å². The summed E-state index contributed by atoms with van der Waals surface area (Å²) in [5.74, 6) is 0.828. The molecular formula is C33H53BN6O5. The molecule has 4 aliphatic rings. The first-order chi connectivity index (χ1) is 21.2. The van der Waals surface area contributed by atoms with E-state index < -0.39 is 13.2 Å². The number of nitroso groups, excluding NO2 is 1. The van der Waals surface area contributed by atoms with E-state index >= 15 is 0 Å². The first-order valence-corrected chi connectivity index (χ1v) is 16.6. The highest BCUT2D eigenvalue weighted by Gasteiger charge is 2.68. The van der Waals surface area contributed by atoms with E-state index in [2.05, 4.69) is 99.1 Å². The maximum atomic E-state index is 13.8. The number of carbonyl (C=O) groups excluding carboxylic acids is 2. The minimum Gasteiger partial charge on any atom is -0.404 e. The van der Waals surface area contributed by atoms with E-state index in [0.717, 1.165) is 18.4 Å². The van der Waals surface area contributed by atoms with Crippen molar-refractivity contribution in [2.45, 2.75) is 123 Å². The summed E-state index contributed by atoms with van der Waals surface area (Å²) in [4.78, 5) is 41.4. The number of guanidine groups is 1. The van der Waals surface area contributed by atoms with Crippen LogP contribution in [-0.2, 0) is 25.3 Å². The van der Waals surface area contributed by atoms with Gasteiger partial charge in [0.1, 0.15) is 6.04 Å². The fraction of sp³-hybridized carbons (Fsp3) is 0.727. The lowest BCUT2D eigenvalue weighted by atomic mass is 9.43. The Morgan fingerprint density at radius 3 is 2.42 bits per heavy atom. The minimum atomic E-state index is -0.782. The van der Waals surface area contributed by atoms with Gasteiger partial charge in [-0.05, 0) is 85.7 Å². The Balaban J connectivity index is 1.42. The normalized spacial score (nSPS) is 26.6. The summed E-state index contributed by atoms with van der Waals surface area (Å²) < 4.78 is 13.3. The van der Waals surface area contributed by atoms with Gasteiger partial charge in [0.25, 0.3) is 0 Å². The van der Waals surface area contributed by atoms with E-state index in [-0.39, 0.29) is 59.7 Å². The second-order valence-corrected chi connectivity index (χ2v) is 14.7. The predicted octanol–water partition coefficient (Wildman–Crippen LogP) is 4.39. The Morgan fingerprint density at radius 1 is 1.09 bits per heavy atom. The molecule has 3 aliphatic carbocycles. The summed E-state index contributed by atoms with van der Waals surface area (Å²) in [6.45, 7) is 15.6. The molecule has 1 aliphatic heterocycles. The molecular weight excluding hydrogens is 571 g/mol. The molecule has 5 rings (SSSR count). The van der Waals surface area contributed by atoms with Gasteiger partial charge in [-0.25, -0.2) is 5.43 Å².